The van der Waals surface area contributed by atoms with Crippen molar-refractivity contribution in [2.75, 3.05) is 62.7 Å². The van der Waals surface area contributed by atoms with Crippen molar-refractivity contribution >= 4 is 28.9 Å². The average molecular weight is 455 g/mol. The Balaban J connectivity index is 1.59. The number of hydrogen-bond donors (Lipinski definition) is 0. The summed E-state index contributed by atoms with van der Waals surface area (Å²) in [7, 11) is 2.18. The molecule has 6 heteroatoms. The number of nitrogens with zero attached hydrogens (tertiary/aromatic N) is 4. The number of likely N-dealkylation sites (N-methyl/N-ethyl adjacent to an activating group) is 1. The van der Waals surface area contributed by atoms with E-state index in [-0.39, 0.29) is 17.4 Å². The topological polar surface area (TPSA) is 30.0 Å². The van der Waals surface area contributed by atoms with Crippen LogP contribution in [0, 0.1) is 5.41 Å². The van der Waals surface area contributed by atoms with Gasteiger partial charge < -0.3 is 19.6 Å². The van der Waals surface area contributed by atoms with E-state index in [9.17, 15) is 4.79 Å². The molecule has 0 N–H and O–H groups in total. The Kier molecular flexibility index (Phi) is 6.68. The minimum absolute atomic E-state index is 0.109. The summed E-state index contributed by atoms with van der Waals surface area (Å²) in [5.74, 6) is 0.215. The van der Waals surface area contributed by atoms with Gasteiger partial charge in [-0.2, -0.15) is 0 Å². The molecule has 0 aliphatic carbocycles. The van der Waals surface area contributed by atoms with E-state index in [1.54, 1.807) is 0 Å². The molecule has 2 aromatic carbocycles. The first kappa shape index (κ1) is 22.9. The normalized spacial score (nSPS) is 20.5. The van der Waals surface area contributed by atoms with Gasteiger partial charge in [-0.25, -0.2) is 0 Å². The monoisotopic (exact) mass is 454 g/mol. The largest absolute Gasteiger partial charge is 0.369 e. The zero-order valence-electron chi connectivity index (χ0n) is 19.7. The maximum Gasteiger partial charge on any atom is 0.228 e. The highest BCUT2D eigenvalue weighted by molar-refractivity contribution is 6.30. The summed E-state index contributed by atoms with van der Waals surface area (Å²) in [6, 6.07) is 17.1. The molecule has 2 heterocycles. The molecule has 2 fully saturated rings. The van der Waals surface area contributed by atoms with Crippen LogP contribution in [-0.4, -0.2) is 68.6 Å². The van der Waals surface area contributed by atoms with Crippen LogP contribution in [0.1, 0.15) is 32.4 Å². The highest BCUT2D eigenvalue weighted by Gasteiger charge is 2.35. The number of carbonyl (C=O) groups excluding carboxylic acids is 1. The lowest BCUT2D eigenvalue weighted by Gasteiger charge is -2.44. The van der Waals surface area contributed by atoms with Gasteiger partial charge in [0.1, 0.15) is 0 Å². The molecule has 1 amide bonds. The van der Waals surface area contributed by atoms with Crippen molar-refractivity contribution in [1.82, 2.24) is 9.80 Å². The third-order valence-corrected chi connectivity index (χ3v) is 6.87. The lowest BCUT2D eigenvalue weighted by molar-refractivity contribution is -0.140. The highest BCUT2D eigenvalue weighted by atomic mass is 35.5. The molecule has 172 valence electrons. The number of piperazine rings is 2. The number of amides is 1. The molecule has 32 heavy (non-hydrogen) atoms. The number of anilines is 2. The number of rotatable bonds is 3. The first-order valence-corrected chi connectivity index (χ1v) is 12.0. The molecule has 2 aliphatic heterocycles. The number of carbonyl (C=O) groups is 1. The molecular weight excluding hydrogens is 420 g/mol. The van der Waals surface area contributed by atoms with E-state index >= 15 is 0 Å². The average Bonchev–Trinajstić information content (AvgIpc) is 2.79. The molecule has 5 nitrogen and oxygen atoms in total. The first-order chi connectivity index (χ1) is 15.2. The fourth-order valence-electron chi connectivity index (χ4n) is 4.64. The van der Waals surface area contributed by atoms with Gasteiger partial charge in [0.25, 0.3) is 0 Å². The fraction of sp³-hybridized carbons (Fsp3) is 0.500. The molecule has 2 aliphatic rings. The second-order valence-corrected chi connectivity index (χ2v) is 10.5. The summed E-state index contributed by atoms with van der Waals surface area (Å²) < 4.78 is 0. The Morgan fingerprint density at radius 1 is 0.844 bits per heavy atom. The van der Waals surface area contributed by atoms with Crippen molar-refractivity contribution in [2.24, 2.45) is 5.41 Å². The molecule has 0 unspecified atom stereocenters. The summed E-state index contributed by atoms with van der Waals surface area (Å²) in [6.07, 6.45) is 0. The van der Waals surface area contributed by atoms with Gasteiger partial charge >= 0.3 is 0 Å². The van der Waals surface area contributed by atoms with E-state index in [2.05, 4.69) is 58.1 Å². The summed E-state index contributed by atoms with van der Waals surface area (Å²) in [5, 5.41) is 0.739. The van der Waals surface area contributed by atoms with Crippen LogP contribution in [0.3, 0.4) is 0 Å². The molecule has 0 aromatic heterocycles. The molecule has 0 saturated carbocycles. The molecule has 0 spiro atoms. The number of hydrogen-bond acceptors (Lipinski definition) is 4. The van der Waals surface area contributed by atoms with Crippen LogP contribution in [0.5, 0.6) is 0 Å². The maximum atomic E-state index is 13.1. The van der Waals surface area contributed by atoms with Crippen LogP contribution in [0.15, 0.2) is 48.5 Å². The van der Waals surface area contributed by atoms with Gasteiger partial charge in [0.05, 0.1) is 6.04 Å². The van der Waals surface area contributed by atoms with Crippen molar-refractivity contribution < 1.29 is 4.79 Å². The Bertz CT molecular complexity index is 914. The second-order valence-electron chi connectivity index (χ2n) is 10.1. The van der Waals surface area contributed by atoms with E-state index in [0.29, 0.717) is 6.54 Å². The van der Waals surface area contributed by atoms with Crippen LogP contribution in [0.2, 0.25) is 5.02 Å². The van der Waals surface area contributed by atoms with Gasteiger partial charge in [0.2, 0.25) is 5.91 Å². The molecule has 2 saturated heterocycles. The molecule has 4 rings (SSSR count). The van der Waals surface area contributed by atoms with Crippen LogP contribution < -0.4 is 9.80 Å². The van der Waals surface area contributed by atoms with Crippen molar-refractivity contribution in [2.45, 2.75) is 26.8 Å². The van der Waals surface area contributed by atoms with Gasteiger partial charge in [0.15, 0.2) is 0 Å². The van der Waals surface area contributed by atoms with E-state index in [1.807, 2.05) is 37.8 Å². The van der Waals surface area contributed by atoms with E-state index in [4.69, 9.17) is 11.6 Å². The summed E-state index contributed by atoms with van der Waals surface area (Å²) in [6.45, 7) is 12.5. The second kappa shape index (κ2) is 9.32. The molecule has 2 aromatic rings. The SMILES string of the molecule is CN1CCN(c2ccc([C@@H]3CN(C(=O)C(C)(C)C)CCN3c3ccc(Cl)cc3)cc2)CC1. The molecule has 1 atom stereocenters. The lowest BCUT2D eigenvalue weighted by Crippen LogP contribution is -2.53. The Morgan fingerprint density at radius 3 is 2.03 bits per heavy atom. The van der Waals surface area contributed by atoms with Crippen molar-refractivity contribution in [3.63, 3.8) is 0 Å². The van der Waals surface area contributed by atoms with Crippen molar-refractivity contribution in [1.29, 1.82) is 0 Å². The molecule has 0 bridgehead atoms. The van der Waals surface area contributed by atoms with Gasteiger partial charge in [-0.1, -0.05) is 44.5 Å². The molecule has 0 radical (unpaired) electrons. The lowest BCUT2D eigenvalue weighted by atomic mass is 9.93. The fourth-order valence-corrected chi connectivity index (χ4v) is 4.77. The van der Waals surface area contributed by atoms with Crippen molar-refractivity contribution in [3.05, 3.63) is 59.1 Å². The Morgan fingerprint density at radius 2 is 1.44 bits per heavy atom. The zero-order chi connectivity index (χ0) is 22.9. The Labute approximate surface area is 197 Å². The Hall–Kier alpha value is -2.24. The predicted molar refractivity (Wildman–Crippen MR) is 134 cm³/mol. The minimum atomic E-state index is -0.377. The quantitative estimate of drug-likeness (QED) is 0.681. The van der Waals surface area contributed by atoms with Gasteiger partial charge in [-0.3, -0.25) is 4.79 Å². The summed E-state index contributed by atoms with van der Waals surface area (Å²) in [4.78, 5) is 22.3. The van der Waals surface area contributed by atoms with Crippen LogP contribution in [0.4, 0.5) is 11.4 Å². The van der Waals surface area contributed by atoms with Gasteiger partial charge in [-0.15, -0.1) is 0 Å². The van der Waals surface area contributed by atoms with E-state index < -0.39 is 0 Å². The van der Waals surface area contributed by atoms with Gasteiger partial charge in [-0.05, 0) is 49.0 Å². The first-order valence-electron chi connectivity index (χ1n) is 11.6. The zero-order valence-corrected chi connectivity index (χ0v) is 20.5. The third kappa shape index (κ3) is 5.05. The van der Waals surface area contributed by atoms with E-state index in [1.165, 1.54) is 11.3 Å². The highest BCUT2D eigenvalue weighted by Crippen LogP contribution is 2.34. The van der Waals surface area contributed by atoms with E-state index in [0.717, 1.165) is 50.0 Å². The standard InChI is InChI=1S/C26H35ClN4O/c1-26(2,3)25(32)30-17-18-31(23-11-7-21(27)8-12-23)24(19-30)20-5-9-22(10-6-20)29-15-13-28(4)14-16-29/h5-12,24H,13-19H2,1-4H3/t24-/m0/s1. The van der Waals surface area contributed by atoms with Crippen LogP contribution in [0.25, 0.3) is 0 Å². The molecular formula is C26H35ClN4O. The number of benzene rings is 2. The van der Waals surface area contributed by atoms with Crippen LogP contribution in [-0.2, 0) is 4.79 Å². The maximum absolute atomic E-state index is 13.1. The third-order valence-electron chi connectivity index (χ3n) is 6.61. The number of halogens is 1. The van der Waals surface area contributed by atoms with Gasteiger partial charge in [0, 0.05) is 67.6 Å². The smallest absolute Gasteiger partial charge is 0.228 e. The van der Waals surface area contributed by atoms with Crippen molar-refractivity contribution in [3.8, 4) is 0 Å². The minimum Gasteiger partial charge on any atom is -0.369 e. The summed E-state index contributed by atoms with van der Waals surface area (Å²) in [5.41, 5.74) is 3.28. The predicted octanol–water partition coefficient (Wildman–Crippen LogP) is 4.53. The van der Waals surface area contributed by atoms with Crippen LogP contribution >= 0.6 is 11.6 Å². The summed E-state index contributed by atoms with van der Waals surface area (Å²) >= 11 is 6.14.